The predicted molar refractivity (Wildman–Crippen MR) is 174 cm³/mol. The zero-order valence-corrected chi connectivity index (χ0v) is 26.0. The van der Waals surface area contributed by atoms with E-state index in [2.05, 4.69) is 69.9 Å². The maximum Gasteiger partial charge on any atom is 0.277 e. The maximum atomic E-state index is 12.7. The molecule has 10 nitrogen and oxygen atoms in total. The zero-order valence-electron chi connectivity index (χ0n) is 26.0. The molecule has 2 aliphatic heterocycles. The molecule has 0 bridgehead atoms. The number of amides is 1. The first kappa shape index (κ1) is 32.6. The summed E-state index contributed by atoms with van der Waals surface area (Å²) in [6, 6.07) is 15.5. The van der Waals surface area contributed by atoms with Crippen molar-refractivity contribution in [3.63, 3.8) is 0 Å². The minimum Gasteiger partial charge on any atom is -0.370 e. The van der Waals surface area contributed by atoms with Crippen LogP contribution in [0.25, 0.3) is 0 Å². The summed E-state index contributed by atoms with van der Waals surface area (Å²) in [6.07, 6.45) is 5.87. The van der Waals surface area contributed by atoms with Gasteiger partial charge in [-0.3, -0.25) is 24.7 Å². The summed E-state index contributed by atoms with van der Waals surface area (Å²) in [5, 5.41) is 16.1. The smallest absolute Gasteiger partial charge is 0.277 e. The van der Waals surface area contributed by atoms with Gasteiger partial charge in [-0.1, -0.05) is 62.4 Å². The Labute approximate surface area is 260 Å². The van der Waals surface area contributed by atoms with E-state index in [1.165, 1.54) is 10.6 Å². The molecule has 1 saturated heterocycles. The number of likely N-dealkylation sites (tertiary alicyclic amines) is 1. The third-order valence-corrected chi connectivity index (χ3v) is 8.21. The number of rotatable bonds is 15. The molecule has 0 radical (unpaired) electrons. The Morgan fingerprint density at radius 3 is 2.50 bits per heavy atom. The van der Waals surface area contributed by atoms with E-state index in [1.807, 2.05) is 0 Å². The lowest BCUT2D eigenvalue weighted by molar-refractivity contribution is -0.110. The third-order valence-electron chi connectivity index (χ3n) is 8.21. The average molecular weight is 600 g/mol. The number of piperidine rings is 1. The van der Waals surface area contributed by atoms with E-state index >= 15 is 0 Å². The molecule has 2 aromatic carbocycles. The van der Waals surface area contributed by atoms with E-state index in [9.17, 15) is 9.59 Å². The average Bonchev–Trinajstić information content (AvgIpc) is 3.36. The Bertz CT molecular complexity index is 1360. The first-order valence-corrected chi connectivity index (χ1v) is 15.4. The summed E-state index contributed by atoms with van der Waals surface area (Å²) in [5.41, 5.74) is 3.75. The van der Waals surface area contributed by atoms with E-state index in [1.54, 1.807) is 31.3 Å². The van der Waals surface area contributed by atoms with Gasteiger partial charge >= 0.3 is 0 Å². The van der Waals surface area contributed by atoms with Crippen LogP contribution in [0.2, 0.25) is 0 Å². The molecule has 3 N–H and O–H groups in total. The molecule has 4 rings (SSSR count). The molecule has 0 unspecified atom stereocenters. The van der Waals surface area contributed by atoms with Crippen LogP contribution < -0.4 is 10.6 Å². The number of amidine groups is 1. The van der Waals surface area contributed by atoms with Crippen molar-refractivity contribution >= 4 is 24.7 Å². The van der Waals surface area contributed by atoms with Crippen molar-refractivity contribution in [3.8, 4) is 0 Å². The molecule has 1 fully saturated rings. The van der Waals surface area contributed by atoms with E-state index in [0.29, 0.717) is 48.0 Å². The number of hydrogen-bond acceptors (Lipinski definition) is 8. The van der Waals surface area contributed by atoms with Crippen molar-refractivity contribution in [1.29, 1.82) is 5.41 Å². The van der Waals surface area contributed by atoms with Gasteiger partial charge in [0.25, 0.3) is 5.91 Å². The van der Waals surface area contributed by atoms with Crippen molar-refractivity contribution < 1.29 is 14.4 Å². The summed E-state index contributed by atoms with van der Waals surface area (Å²) in [6.45, 7) is 14.7. The van der Waals surface area contributed by atoms with Gasteiger partial charge in [-0.05, 0) is 68.6 Å². The standard InChI is InChI=1S/C34H45N7O3/c1-5-6-18-37-33-31(32(35)36-3)38-25(2)41(33)23-28-13-11-27(12-14-28)22-40-19-15-26(16-20-40)17-21-44-39(4)34(43)30-10-8-7-9-29(30)24-42/h7-14,24,26,35,37-38H,2-3,5-6,15-23H2,1,4H3. The van der Waals surface area contributed by atoms with Gasteiger partial charge in [0.1, 0.15) is 17.3 Å². The van der Waals surface area contributed by atoms with Crippen LogP contribution in [0.5, 0.6) is 0 Å². The fourth-order valence-electron chi connectivity index (χ4n) is 5.54. The molecule has 0 aromatic heterocycles. The van der Waals surface area contributed by atoms with Crippen LogP contribution in [0.4, 0.5) is 0 Å². The Morgan fingerprint density at radius 1 is 1.16 bits per heavy atom. The molecular weight excluding hydrogens is 554 g/mol. The molecular formula is C34H45N7O3. The number of nitrogens with zero attached hydrogens (tertiary/aromatic N) is 4. The van der Waals surface area contributed by atoms with Crippen LogP contribution in [0.15, 0.2) is 77.4 Å². The SMILES string of the molecule is C=NC(=N)C1=C(NCCCC)N(Cc2ccc(CN3CCC(CCON(C)C(=O)c4ccccc4C=O)CC3)cc2)C(=C)N1. The number of hydroxylamine groups is 2. The van der Waals surface area contributed by atoms with Gasteiger partial charge in [-0.15, -0.1) is 0 Å². The number of unbranched alkanes of at least 4 members (excludes halogenated alkanes) is 1. The molecule has 10 heteroatoms. The number of carbonyl (C=O) groups excluding carboxylic acids is 2. The van der Waals surface area contributed by atoms with Crippen LogP contribution in [0, 0.1) is 11.3 Å². The minimum absolute atomic E-state index is 0.0963. The predicted octanol–water partition coefficient (Wildman–Crippen LogP) is 4.92. The quantitative estimate of drug-likeness (QED) is 0.0876. The molecule has 1 amide bonds. The molecule has 0 aliphatic carbocycles. The third kappa shape index (κ3) is 8.42. The first-order valence-electron chi connectivity index (χ1n) is 15.4. The van der Waals surface area contributed by atoms with E-state index in [4.69, 9.17) is 10.2 Å². The van der Waals surface area contributed by atoms with Crippen LogP contribution in [0.3, 0.4) is 0 Å². The molecule has 0 saturated carbocycles. The van der Waals surface area contributed by atoms with E-state index in [0.717, 1.165) is 69.7 Å². The summed E-state index contributed by atoms with van der Waals surface area (Å²) in [4.78, 5) is 38.0. The van der Waals surface area contributed by atoms with Gasteiger partial charge < -0.3 is 15.5 Å². The second kappa shape index (κ2) is 16.0. The van der Waals surface area contributed by atoms with Gasteiger partial charge in [-0.2, -0.15) is 0 Å². The van der Waals surface area contributed by atoms with Crippen LogP contribution >= 0.6 is 0 Å². The van der Waals surface area contributed by atoms with Crippen molar-refractivity contribution in [1.82, 2.24) is 25.5 Å². The number of carbonyl (C=O) groups is 2. The van der Waals surface area contributed by atoms with Crippen molar-refractivity contribution in [2.24, 2.45) is 10.9 Å². The summed E-state index contributed by atoms with van der Waals surface area (Å²) in [7, 11) is 1.60. The van der Waals surface area contributed by atoms with E-state index < -0.39 is 0 Å². The molecule has 0 atom stereocenters. The number of nitrogens with one attached hydrogen (secondary N) is 3. The molecule has 2 aliphatic rings. The van der Waals surface area contributed by atoms with E-state index in [-0.39, 0.29) is 11.7 Å². The van der Waals surface area contributed by atoms with Crippen LogP contribution in [0.1, 0.15) is 70.9 Å². The van der Waals surface area contributed by atoms with Crippen molar-refractivity contribution in [3.05, 3.63) is 94.7 Å². The fourth-order valence-corrected chi connectivity index (χ4v) is 5.54. The molecule has 234 valence electrons. The highest BCUT2D eigenvalue weighted by molar-refractivity contribution is 6.01. The Balaban J connectivity index is 1.22. The number of benzene rings is 2. The second-order valence-corrected chi connectivity index (χ2v) is 11.3. The highest BCUT2D eigenvalue weighted by atomic mass is 16.7. The number of aliphatic imine (C=N–C) groups is 1. The molecule has 2 aromatic rings. The topological polar surface area (TPSA) is 113 Å². The summed E-state index contributed by atoms with van der Waals surface area (Å²) in [5.74, 6) is 1.87. The summed E-state index contributed by atoms with van der Waals surface area (Å²) < 4.78 is 0. The summed E-state index contributed by atoms with van der Waals surface area (Å²) >= 11 is 0. The lowest BCUT2D eigenvalue weighted by Gasteiger charge is -2.32. The largest absolute Gasteiger partial charge is 0.370 e. The minimum atomic E-state index is -0.314. The molecule has 0 spiro atoms. The maximum absolute atomic E-state index is 12.7. The normalized spacial score (nSPS) is 15.7. The van der Waals surface area contributed by atoms with Gasteiger partial charge in [0.2, 0.25) is 0 Å². The highest BCUT2D eigenvalue weighted by Gasteiger charge is 2.28. The Kier molecular flexibility index (Phi) is 11.8. The van der Waals surface area contributed by atoms with Gasteiger partial charge in [-0.25, -0.2) is 10.1 Å². The lowest BCUT2D eigenvalue weighted by atomic mass is 9.93. The number of hydrogen-bond donors (Lipinski definition) is 3. The molecule has 2 heterocycles. The fraction of sp³-hybridized carbons (Fsp3) is 0.412. The number of aldehydes is 1. The van der Waals surface area contributed by atoms with Crippen LogP contribution in [-0.4, -0.2) is 72.9 Å². The first-order chi connectivity index (χ1) is 21.3. The van der Waals surface area contributed by atoms with Gasteiger partial charge in [0, 0.05) is 25.7 Å². The zero-order chi connectivity index (χ0) is 31.5. The molecule has 44 heavy (non-hydrogen) atoms. The van der Waals surface area contributed by atoms with Gasteiger partial charge in [0.15, 0.2) is 12.1 Å². The highest BCUT2D eigenvalue weighted by Crippen LogP contribution is 2.25. The monoisotopic (exact) mass is 599 g/mol. The Hall–Kier alpha value is -4.28. The van der Waals surface area contributed by atoms with Gasteiger partial charge in [0.05, 0.1) is 18.7 Å². The second-order valence-electron chi connectivity index (χ2n) is 11.3. The van der Waals surface area contributed by atoms with Crippen molar-refractivity contribution in [2.75, 3.05) is 33.3 Å². The Morgan fingerprint density at radius 2 is 1.84 bits per heavy atom. The van der Waals surface area contributed by atoms with Crippen molar-refractivity contribution in [2.45, 2.75) is 52.1 Å². The van der Waals surface area contributed by atoms with Crippen LogP contribution in [-0.2, 0) is 17.9 Å². The lowest BCUT2D eigenvalue weighted by Crippen LogP contribution is -2.34.